The second-order valence-electron chi connectivity index (χ2n) is 3.91. The van der Waals surface area contributed by atoms with Crippen LogP contribution in [0.15, 0.2) is 41.7 Å². The Labute approximate surface area is 112 Å². The zero-order valence-corrected chi connectivity index (χ0v) is 11.9. The fraction of sp³-hybridized carbons (Fsp3) is 0.333. The lowest BCUT2D eigenvalue weighted by atomic mass is 9.84. The number of aromatic nitrogens is 1. The van der Waals surface area contributed by atoms with Crippen LogP contribution in [0.1, 0.15) is 12.1 Å². The van der Waals surface area contributed by atoms with Crippen molar-refractivity contribution in [1.29, 1.82) is 0 Å². The number of aliphatic imine (C=N–C) groups is 1. The van der Waals surface area contributed by atoms with Gasteiger partial charge in [-0.2, -0.15) is 0 Å². The van der Waals surface area contributed by atoms with Gasteiger partial charge in [-0.1, -0.05) is 44.0 Å². The molecular weight excluding hydrogens is 332 g/mol. The molecule has 16 heavy (non-hydrogen) atoms. The summed E-state index contributed by atoms with van der Waals surface area (Å²) in [5, 5.41) is 1.85. The molecular formula is C12H12Br2N2. The van der Waals surface area contributed by atoms with Crippen LogP contribution in [-0.4, -0.2) is 21.4 Å². The maximum Gasteiger partial charge on any atom is 0.0844 e. The van der Waals surface area contributed by atoms with Crippen LogP contribution in [0.3, 0.4) is 0 Å². The second kappa shape index (κ2) is 5.23. The summed E-state index contributed by atoms with van der Waals surface area (Å²) in [6.07, 6.45) is 6.76. The minimum absolute atomic E-state index is 0.120. The Hall–Kier alpha value is -0.480. The van der Waals surface area contributed by atoms with E-state index in [0.29, 0.717) is 0 Å². The van der Waals surface area contributed by atoms with E-state index in [1.165, 1.54) is 0 Å². The van der Waals surface area contributed by atoms with E-state index in [9.17, 15) is 0 Å². The van der Waals surface area contributed by atoms with Gasteiger partial charge >= 0.3 is 0 Å². The lowest BCUT2D eigenvalue weighted by Gasteiger charge is -2.28. The van der Waals surface area contributed by atoms with Crippen LogP contribution >= 0.6 is 31.9 Å². The molecule has 0 saturated carbocycles. The Morgan fingerprint density at radius 2 is 2.06 bits per heavy atom. The number of nitrogens with zero attached hydrogens (tertiary/aromatic N) is 2. The van der Waals surface area contributed by atoms with E-state index in [1.54, 1.807) is 6.20 Å². The summed E-state index contributed by atoms with van der Waals surface area (Å²) in [5.41, 5.74) is 2.15. The van der Waals surface area contributed by atoms with Crippen LogP contribution in [0.25, 0.3) is 0 Å². The van der Waals surface area contributed by atoms with Gasteiger partial charge in [-0.05, 0) is 12.1 Å². The van der Waals surface area contributed by atoms with Gasteiger partial charge in [0.15, 0.2) is 0 Å². The molecule has 1 aliphatic heterocycles. The number of hydrogen-bond acceptors (Lipinski definition) is 2. The third kappa shape index (κ3) is 2.43. The highest BCUT2D eigenvalue weighted by Crippen LogP contribution is 2.33. The van der Waals surface area contributed by atoms with Crippen molar-refractivity contribution < 1.29 is 0 Å². The molecule has 84 valence electrons. The molecule has 0 spiro atoms. The molecule has 2 nitrogen and oxygen atoms in total. The molecule has 0 amide bonds. The molecule has 0 aliphatic carbocycles. The van der Waals surface area contributed by atoms with E-state index in [0.717, 1.165) is 28.5 Å². The Bertz CT molecular complexity index is 408. The number of allylic oxidation sites excluding steroid dienone is 1. The van der Waals surface area contributed by atoms with Gasteiger partial charge in [0.2, 0.25) is 0 Å². The monoisotopic (exact) mass is 342 g/mol. The van der Waals surface area contributed by atoms with Gasteiger partial charge in [-0.3, -0.25) is 9.98 Å². The molecule has 1 aromatic rings. The van der Waals surface area contributed by atoms with Crippen molar-refractivity contribution >= 4 is 37.6 Å². The first-order valence-electron chi connectivity index (χ1n) is 5.07. The summed E-state index contributed by atoms with van der Waals surface area (Å²) in [4.78, 5) is 8.76. The zero-order valence-electron chi connectivity index (χ0n) is 8.74. The predicted molar refractivity (Wildman–Crippen MR) is 74.6 cm³/mol. The molecule has 2 heterocycles. The topological polar surface area (TPSA) is 25.2 Å². The smallest absolute Gasteiger partial charge is 0.0844 e. The Morgan fingerprint density at radius 3 is 2.69 bits per heavy atom. The summed E-state index contributed by atoms with van der Waals surface area (Å²) in [5.74, 6) is 0. The minimum Gasteiger partial charge on any atom is -0.259 e. The van der Waals surface area contributed by atoms with Crippen LogP contribution in [0.5, 0.6) is 0 Å². The van der Waals surface area contributed by atoms with Crippen LogP contribution < -0.4 is 0 Å². The van der Waals surface area contributed by atoms with Crippen molar-refractivity contribution in [1.82, 2.24) is 4.98 Å². The number of halogens is 2. The van der Waals surface area contributed by atoms with Gasteiger partial charge in [-0.15, -0.1) is 0 Å². The average Bonchev–Trinajstić information content (AvgIpc) is 2.40. The van der Waals surface area contributed by atoms with E-state index in [2.05, 4.69) is 47.9 Å². The van der Waals surface area contributed by atoms with Crippen molar-refractivity contribution in [3.8, 4) is 0 Å². The lowest BCUT2D eigenvalue weighted by molar-refractivity contribution is 0.528. The van der Waals surface area contributed by atoms with Crippen molar-refractivity contribution in [3.63, 3.8) is 0 Å². The molecule has 0 bridgehead atoms. The first-order valence-corrected chi connectivity index (χ1v) is 7.32. The summed E-state index contributed by atoms with van der Waals surface area (Å²) < 4.78 is 0. The molecule has 1 aromatic heterocycles. The lowest BCUT2D eigenvalue weighted by Crippen LogP contribution is -2.28. The van der Waals surface area contributed by atoms with Crippen LogP contribution in [0.4, 0.5) is 0 Å². The molecule has 2 rings (SSSR count). The molecule has 4 heteroatoms. The Kier molecular flexibility index (Phi) is 3.92. The SMILES string of the molecule is BrCC1(CBr)C=CN=C(c2ccccn2)C1. The summed E-state index contributed by atoms with van der Waals surface area (Å²) >= 11 is 7.14. The maximum absolute atomic E-state index is 4.42. The molecule has 0 fully saturated rings. The number of rotatable bonds is 3. The van der Waals surface area contributed by atoms with Crippen molar-refractivity contribution in [2.45, 2.75) is 6.42 Å². The van der Waals surface area contributed by atoms with E-state index in [4.69, 9.17) is 0 Å². The standard InChI is InChI=1S/C12H12Br2N2/c13-8-12(9-14)4-6-16-11(7-12)10-3-1-2-5-15-10/h1-6H,7-9H2. The molecule has 1 aliphatic rings. The number of hydrogen-bond donors (Lipinski definition) is 0. The van der Waals surface area contributed by atoms with Gasteiger partial charge < -0.3 is 0 Å². The largest absolute Gasteiger partial charge is 0.259 e. The van der Waals surface area contributed by atoms with Crippen LogP contribution in [-0.2, 0) is 0 Å². The van der Waals surface area contributed by atoms with Crippen molar-refractivity contribution in [2.24, 2.45) is 10.4 Å². The maximum atomic E-state index is 4.42. The van der Waals surface area contributed by atoms with Gasteiger partial charge in [0, 0.05) is 34.9 Å². The summed E-state index contributed by atoms with van der Waals surface area (Å²) in [6, 6.07) is 5.92. The Balaban J connectivity index is 2.26. The van der Waals surface area contributed by atoms with Crippen LogP contribution in [0, 0.1) is 5.41 Å². The molecule has 0 aromatic carbocycles. The molecule has 0 unspecified atom stereocenters. The first-order chi connectivity index (χ1) is 7.79. The molecule has 0 N–H and O–H groups in total. The third-order valence-electron chi connectivity index (χ3n) is 2.67. The highest BCUT2D eigenvalue weighted by molar-refractivity contribution is 9.09. The first kappa shape index (κ1) is 12.0. The highest BCUT2D eigenvalue weighted by atomic mass is 79.9. The van der Waals surface area contributed by atoms with E-state index in [-0.39, 0.29) is 5.41 Å². The van der Waals surface area contributed by atoms with Crippen molar-refractivity contribution in [3.05, 3.63) is 42.4 Å². The summed E-state index contributed by atoms with van der Waals surface area (Å²) in [7, 11) is 0. The van der Waals surface area contributed by atoms with E-state index in [1.807, 2.05) is 24.4 Å². The Morgan fingerprint density at radius 1 is 1.25 bits per heavy atom. The van der Waals surface area contributed by atoms with Gasteiger partial charge in [0.1, 0.15) is 0 Å². The number of pyridine rings is 1. The van der Waals surface area contributed by atoms with E-state index >= 15 is 0 Å². The second-order valence-corrected chi connectivity index (χ2v) is 5.03. The molecule has 0 radical (unpaired) electrons. The molecule has 0 saturated heterocycles. The normalized spacial score (nSPS) is 18.2. The van der Waals surface area contributed by atoms with Gasteiger partial charge in [0.05, 0.1) is 11.4 Å². The van der Waals surface area contributed by atoms with Crippen LogP contribution in [0.2, 0.25) is 0 Å². The fourth-order valence-corrected chi connectivity index (χ4v) is 3.33. The highest BCUT2D eigenvalue weighted by Gasteiger charge is 2.29. The summed E-state index contributed by atoms with van der Waals surface area (Å²) in [6.45, 7) is 0. The van der Waals surface area contributed by atoms with Crippen molar-refractivity contribution in [2.75, 3.05) is 10.7 Å². The minimum atomic E-state index is 0.120. The van der Waals surface area contributed by atoms with Gasteiger partial charge in [0.25, 0.3) is 0 Å². The fourth-order valence-electron chi connectivity index (χ4n) is 1.63. The van der Waals surface area contributed by atoms with E-state index < -0.39 is 0 Å². The quantitative estimate of drug-likeness (QED) is 0.770. The molecule has 0 atom stereocenters. The third-order valence-corrected chi connectivity index (χ3v) is 4.90. The number of alkyl halides is 2. The predicted octanol–water partition coefficient (Wildman–Crippen LogP) is 3.56. The average molecular weight is 344 g/mol. The zero-order chi connectivity index (χ0) is 11.4. The van der Waals surface area contributed by atoms with Gasteiger partial charge in [-0.25, -0.2) is 0 Å².